The average molecular weight is 380 g/mol. The third-order valence-corrected chi connectivity index (χ3v) is 5.33. The molecule has 0 saturated carbocycles. The molecule has 0 saturated heterocycles. The van der Waals surface area contributed by atoms with Gasteiger partial charge in [0.25, 0.3) is 0 Å². The minimum atomic E-state index is 0.0780. The van der Waals surface area contributed by atoms with E-state index in [-0.39, 0.29) is 12.4 Å². The van der Waals surface area contributed by atoms with Crippen molar-refractivity contribution in [3.05, 3.63) is 57.0 Å². The van der Waals surface area contributed by atoms with E-state index in [1.165, 1.54) is 23.1 Å². The summed E-state index contributed by atoms with van der Waals surface area (Å²) >= 11 is 8.73. The van der Waals surface area contributed by atoms with Crippen molar-refractivity contribution in [1.29, 1.82) is 0 Å². The first kappa shape index (κ1) is 17.0. The fourth-order valence-corrected chi connectivity index (χ4v) is 3.48. The second-order valence-corrected chi connectivity index (χ2v) is 7.25. The largest absolute Gasteiger partial charge is 0.486 e. The minimum absolute atomic E-state index is 0.0780. The first-order chi connectivity index (χ1) is 11.6. The SMILES string of the molecule is Cc1cc(OCc2nc(SCC(=O)c3cccs3)n[nH]2)ccc1Cl. The van der Waals surface area contributed by atoms with Crippen molar-refractivity contribution in [2.24, 2.45) is 0 Å². The molecular formula is C16H14ClN3O2S2. The monoisotopic (exact) mass is 379 g/mol. The summed E-state index contributed by atoms with van der Waals surface area (Å²) in [5.41, 5.74) is 0.954. The predicted octanol–water partition coefficient (Wildman–Crippen LogP) is 4.38. The Kier molecular flexibility index (Phi) is 5.55. The third kappa shape index (κ3) is 4.37. The zero-order valence-electron chi connectivity index (χ0n) is 12.8. The molecule has 0 bridgehead atoms. The summed E-state index contributed by atoms with van der Waals surface area (Å²) in [5, 5.41) is 10.0. The van der Waals surface area contributed by atoms with Crippen LogP contribution in [0.5, 0.6) is 5.75 Å². The standard InChI is InChI=1S/C16H14ClN3O2S2/c1-10-7-11(4-5-12(10)17)22-8-15-18-16(20-19-15)24-9-13(21)14-3-2-6-23-14/h2-7H,8-9H2,1H3,(H,18,19,20). The van der Waals surface area contributed by atoms with Gasteiger partial charge in [0.05, 0.1) is 10.6 Å². The molecule has 124 valence electrons. The minimum Gasteiger partial charge on any atom is -0.486 e. The number of hydrogen-bond acceptors (Lipinski definition) is 6. The van der Waals surface area contributed by atoms with Crippen LogP contribution in [0, 0.1) is 6.92 Å². The number of aromatic nitrogens is 3. The van der Waals surface area contributed by atoms with Gasteiger partial charge < -0.3 is 4.74 Å². The molecule has 2 aromatic heterocycles. The van der Waals surface area contributed by atoms with E-state index >= 15 is 0 Å². The van der Waals surface area contributed by atoms with E-state index in [0.717, 1.165) is 16.2 Å². The lowest BCUT2D eigenvalue weighted by Gasteiger charge is -2.05. The van der Waals surface area contributed by atoms with Gasteiger partial charge in [-0.1, -0.05) is 29.4 Å². The Labute approximate surface area is 152 Å². The number of thioether (sulfide) groups is 1. The van der Waals surface area contributed by atoms with Crippen LogP contribution in [0.1, 0.15) is 21.1 Å². The van der Waals surface area contributed by atoms with Gasteiger partial charge in [-0.25, -0.2) is 4.98 Å². The zero-order chi connectivity index (χ0) is 16.9. The molecule has 0 fully saturated rings. The number of hydrogen-bond donors (Lipinski definition) is 1. The second-order valence-electron chi connectivity index (χ2n) is 4.95. The maximum atomic E-state index is 11.9. The molecule has 0 spiro atoms. The number of benzene rings is 1. The normalized spacial score (nSPS) is 10.8. The first-order valence-electron chi connectivity index (χ1n) is 7.11. The lowest BCUT2D eigenvalue weighted by atomic mass is 10.2. The molecule has 3 rings (SSSR count). The maximum Gasteiger partial charge on any atom is 0.208 e. The van der Waals surface area contributed by atoms with Crippen LogP contribution in [-0.2, 0) is 6.61 Å². The Bertz CT molecular complexity index is 834. The molecule has 0 aliphatic heterocycles. The van der Waals surface area contributed by atoms with Crippen LogP contribution in [0.15, 0.2) is 40.9 Å². The number of aromatic amines is 1. The summed E-state index contributed by atoms with van der Waals surface area (Å²) in [6.45, 7) is 2.19. The Balaban J connectivity index is 1.51. The highest BCUT2D eigenvalue weighted by atomic mass is 35.5. The molecule has 0 aliphatic rings. The van der Waals surface area contributed by atoms with Crippen LogP contribution >= 0.6 is 34.7 Å². The van der Waals surface area contributed by atoms with Gasteiger partial charge in [-0.2, -0.15) is 0 Å². The molecule has 8 heteroatoms. The zero-order valence-corrected chi connectivity index (χ0v) is 15.2. The molecule has 2 heterocycles. The van der Waals surface area contributed by atoms with E-state index in [0.29, 0.717) is 21.8 Å². The Morgan fingerprint density at radius 1 is 1.42 bits per heavy atom. The molecule has 1 N–H and O–H groups in total. The Morgan fingerprint density at radius 2 is 2.29 bits per heavy atom. The van der Waals surface area contributed by atoms with Crippen molar-refractivity contribution in [3.8, 4) is 5.75 Å². The van der Waals surface area contributed by atoms with E-state index in [1.807, 2.05) is 30.5 Å². The van der Waals surface area contributed by atoms with Crippen molar-refractivity contribution >= 4 is 40.5 Å². The van der Waals surface area contributed by atoms with Gasteiger partial charge in [0.2, 0.25) is 5.16 Å². The molecule has 5 nitrogen and oxygen atoms in total. The van der Waals surface area contributed by atoms with Crippen molar-refractivity contribution in [2.75, 3.05) is 5.75 Å². The van der Waals surface area contributed by atoms with Crippen LogP contribution in [0.25, 0.3) is 0 Å². The fraction of sp³-hybridized carbons (Fsp3) is 0.188. The Morgan fingerprint density at radius 3 is 3.04 bits per heavy atom. The van der Waals surface area contributed by atoms with Gasteiger partial charge in [-0.05, 0) is 42.1 Å². The number of rotatable bonds is 7. The van der Waals surface area contributed by atoms with Crippen molar-refractivity contribution in [2.45, 2.75) is 18.7 Å². The third-order valence-electron chi connectivity index (χ3n) is 3.14. The number of halogens is 1. The van der Waals surface area contributed by atoms with Gasteiger partial charge in [0, 0.05) is 5.02 Å². The quantitative estimate of drug-likeness (QED) is 0.487. The van der Waals surface area contributed by atoms with Gasteiger partial charge in [-0.15, -0.1) is 16.4 Å². The molecule has 0 aliphatic carbocycles. The number of aryl methyl sites for hydroxylation is 1. The Hall–Kier alpha value is -1.83. The molecule has 1 aromatic carbocycles. The van der Waals surface area contributed by atoms with E-state index in [1.54, 1.807) is 12.1 Å². The number of H-pyrrole nitrogens is 1. The van der Waals surface area contributed by atoms with Gasteiger partial charge >= 0.3 is 0 Å². The highest BCUT2D eigenvalue weighted by Crippen LogP contribution is 2.22. The number of nitrogens with zero attached hydrogens (tertiary/aromatic N) is 2. The topological polar surface area (TPSA) is 67.9 Å². The second kappa shape index (κ2) is 7.83. The summed E-state index contributed by atoms with van der Waals surface area (Å²) in [5.74, 6) is 1.72. The molecule has 3 aromatic rings. The smallest absolute Gasteiger partial charge is 0.208 e. The van der Waals surface area contributed by atoms with Gasteiger partial charge in [-0.3, -0.25) is 9.89 Å². The summed E-state index contributed by atoms with van der Waals surface area (Å²) in [6, 6.07) is 9.15. The van der Waals surface area contributed by atoms with Crippen molar-refractivity contribution in [3.63, 3.8) is 0 Å². The lowest BCUT2D eigenvalue weighted by Crippen LogP contribution is -2.00. The van der Waals surface area contributed by atoms with Gasteiger partial charge in [0.15, 0.2) is 11.6 Å². The van der Waals surface area contributed by atoms with E-state index in [2.05, 4.69) is 15.2 Å². The van der Waals surface area contributed by atoms with Gasteiger partial charge in [0.1, 0.15) is 12.4 Å². The highest BCUT2D eigenvalue weighted by molar-refractivity contribution is 7.99. The highest BCUT2D eigenvalue weighted by Gasteiger charge is 2.11. The summed E-state index contributed by atoms with van der Waals surface area (Å²) < 4.78 is 5.66. The molecule has 0 unspecified atom stereocenters. The lowest BCUT2D eigenvalue weighted by molar-refractivity contribution is 0.102. The van der Waals surface area contributed by atoms with E-state index < -0.39 is 0 Å². The fourth-order valence-electron chi connectivity index (χ4n) is 1.90. The van der Waals surface area contributed by atoms with Crippen LogP contribution in [0.4, 0.5) is 0 Å². The number of ketones is 1. The summed E-state index contributed by atoms with van der Waals surface area (Å²) in [7, 11) is 0. The van der Waals surface area contributed by atoms with Crippen molar-refractivity contribution in [1.82, 2.24) is 15.2 Å². The molecule has 24 heavy (non-hydrogen) atoms. The van der Waals surface area contributed by atoms with Crippen LogP contribution in [0.3, 0.4) is 0 Å². The van der Waals surface area contributed by atoms with Crippen LogP contribution < -0.4 is 4.74 Å². The van der Waals surface area contributed by atoms with E-state index in [9.17, 15) is 4.79 Å². The van der Waals surface area contributed by atoms with Crippen LogP contribution in [0.2, 0.25) is 5.02 Å². The number of thiophene rings is 1. The number of Topliss-reactive ketones (excluding diaryl/α,β-unsaturated/α-hetero) is 1. The average Bonchev–Trinajstić information content (AvgIpc) is 3.25. The van der Waals surface area contributed by atoms with Crippen LogP contribution in [-0.4, -0.2) is 26.7 Å². The molecule has 0 amide bonds. The van der Waals surface area contributed by atoms with Crippen molar-refractivity contribution < 1.29 is 9.53 Å². The number of ether oxygens (including phenoxy) is 1. The maximum absolute atomic E-state index is 11.9. The number of carbonyl (C=O) groups is 1. The summed E-state index contributed by atoms with van der Waals surface area (Å²) in [6.07, 6.45) is 0. The predicted molar refractivity (Wildman–Crippen MR) is 96.3 cm³/mol. The first-order valence-corrected chi connectivity index (χ1v) is 9.36. The van der Waals surface area contributed by atoms with E-state index in [4.69, 9.17) is 16.3 Å². The molecule has 0 radical (unpaired) electrons. The molecule has 0 atom stereocenters. The summed E-state index contributed by atoms with van der Waals surface area (Å²) in [4.78, 5) is 17.0. The molecular weight excluding hydrogens is 366 g/mol. The number of carbonyl (C=O) groups excluding carboxylic acids is 1. The number of nitrogens with one attached hydrogen (secondary N) is 1.